The standard InChI is InChI=1S/C23H29N3O4S/c1-17-5-7-21(8-6-17)31(29,30)26-10-4-9-25(11-12-26)22(27)16-24-23(28)20-14-18(2)13-19(3)15-20/h5-8,13-15H,4,9-12,16H2,1-3H3,(H,24,28). The van der Waals surface area contributed by atoms with E-state index in [1.807, 2.05) is 26.8 Å². The van der Waals surface area contributed by atoms with Gasteiger partial charge in [-0.15, -0.1) is 0 Å². The van der Waals surface area contributed by atoms with Crippen molar-refractivity contribution in [3.63, 3.8) is 0 Å². The Kier molecular flexibility index (Phi) is 7.12. The molecule has 0 saturated carbocycles. The highest BCUT2D eigenvalue weighted by Crippen LogP contribution is 2.18. The molecule has 1 aliphatic heterocycles. The molecule has 1 aliphatic rings. The summed E-state index contributed by atoms with van der Waals surface area (Å²) < 4.78 is 27.3. The lowest BCUT2D eigenvalue weighted by Gasteiger charge is -2.22. The molecule has 0 aliphatic carbocycles. The van der Waals surface area contributed by atoms with Gasteiger partial charge in [0.15, 0.2) is 0 Å². The molecule has 0 aromatic heterocycles. The minimum absolute atomic E-state index is 0.115. The van der Waals surface area contributed by atoms with Crippen molar-refractivity contribution in [2.24, 2.45) is 0 Å². The number of hydrogen-bond donors (Lipinski definition) is 1. The van der Waals surface area contributed by atoms with Crippen molar-refractivity contribution in [1.82, 2.24) is 14.5 Å². The van der Waals surface area contributed by atoms with Crippen molar-refractivity contribution in [2.45, 2.75) is 32.1 Å². The number of amides is 2. The molecule has 0 bridgehead atoms. The van der Waals surface area contributed by atoms with Crippen LogP contribution in [0.4, 0.5) is 0 Å². The van der Waals surface area contributed by atoms with Gasteiger partial charge in [0.1, 0.15) is 0 Å². The zero-order valence-corrected chi connectivity index (χ0v) is 19.0. The largest absolute Gasteiger partial charge is 0.343 e. The van der Waals surface area contributed by atoms with Crippen molar-refractivity contribution in [1.29, 1.82) is 0 Å². The van der Waals surface area contributed by atoms with Gasteiger partial charge in [-0.3, -0.25) is 9.59 Å². The van der Waals surface area contributed by atoms with Gasteiger partial charge < -0.3 is 10.2 Å². The lowest BCUT2D eigenvalue weighted by molar-refractivity contribution is -0.129. The Morgan fingerprint density at radius 3 is 2.16 bits per heavy atom. The van der Waals surface area contributed by atoms with Crippen molar-refractivity contribution < 1.29 is 18.0 Å². The first kappa shape index (κ1) is 23.0. The first-order valence-corrected chi connectivity index (χ1v) is 11.8. The molecule has 1 fully saturated rings. The normalized spacial score (nSPS) is 15.4. The van der Waals surface area contributed by atoms with Crippen molar-refractivity contribution >= 4 is 21.8 Å². The van der Waals surface area contributed by atoms with Gasteiger partial charge in [0.05, 0.1) is 11.4 Å². The summed E-state index contributed by atoms with van der Waals surface area (Å²) in [5.74, 6) is -0.508. The molecule has 1 saturated heterocycles. The Morgan fingerprint density at radius 1 is 0.871 bits per heavy atom. The number of carbonyl (C=O) groups excluding carboxylic acids is 2. The predicted molar refractivity (Wildman–Crippen MR) is 119 cm³/mol. The lowest BCUT2D eigenvalue weighted by atomic mass is 10.1. The zero-order chi connectivity index (χ0) is 22.6. The van der Waals surface area contributed by atoms with E-state index in [9.17, 15) is 18.0 Å². The van der Waals surface area contributed by atoms with Crippen LogP contribution in [0.2, 0.25) is 0 Å². The van der Waals surface area contributed by atoms with E-state index in [4.69, 9.17) is 0 Å². The molecule has 0 atom stereocenters. The maximum Gasteiger partial charge on any atom is 0.251 e. The Hall–Kier alpha value is -2.71. The van der Waals surface area contributed by atoms with Crippen molar-refractivity contribution in [3.05, 3.63) is 64.7 Å². The molecule has 1 heterocycles. The van der Waals surface area contributed by atoms with Crippen LogP contribution in [-0.2, 0) is 14.8 Å². The van der Waals surface area contributed by atoms with Gasteiger partial charge in [0, 0.05) is 31.7 Å². The highest BCUT2D eigenvalue weighted by molar-refractivity contribution is 7.89. The highest BCUT2D eigenvalue weighted by Gasteiger charge is 2.28. The molecule has 1 N–H and O–H groups in total. The third-order valence-electron chi connectivity index (χ3n) is 5.35. The number of carbonyl (C=O) groups is 2. The molecule has 0 spiro atoms. The third-order valence-corrected chi connectivity index (χ3v) is 7.26. The van der Waals surface area contributed by atoms with E-state index in [2.05, 4.69) is 5.32 Å². The number of nitrogens with one attached hydrogen (secondary N) is 1. The van der Waals surface area contributed by atoms with Crippen LogP contribution >= 0.6 is 0 Å². The number of aryl methyl sites for hydroxylation is 3. The number of rotatable bonds is 5. The Morgan fingerprint density at radius 2 is 1.52 bits per heavy atom. The molecular formula is C23H29N3O4S. The Balaban J connectivity index is 1.58. The number of hydrogen-bond acceptors (Lipinski definition) is 4. The molecule has 3 rings (SSSR count). The fraction of sp³-hybridized carbons (Fsp3) is 0.391. The monoisotopic (exact) mass is 443 g/mol. The van der Waals surface area contributed by atoms with Gasteiger partial charge >= 0.3 is 0 Å². The summed E-state index contributed by atoms with van der Waals surface area (Å²) in [6.45, 7) is 6.97. The van der Waals surface area contributed by atoms with Gasteiger partial charge in [-0.2, -0.15) is 4.31 Å². The van der Waals surface area contributed by atoms with Crippen LogP contribution < -0.4 is 5.32 Å². The van der Waals surface area contributed by atoms with E-state index in [0.717, 1.165) is 16.7 Å². The average Bonchev–Trinajstić information content (AvgIpc) is 2.98. The van der Waals surface area contributed by atoms with Gasteiger partial charge in [-0.1, -0.05) is 34.9 Å². The molecule has 7 nitrogen and oxygen atoms in total. The molecule has 166 valence electrons. The van der Waals surface area contributed by atoms with Gasteiger partial charge in [0.25, 0.3) is 5.91 Å². The van der Waals surface area contributed by atoms with E-state index < -0.39 is 10.0 Å². The number of sulfonamides is 1. The summed E-state index contributed by atoms with van der Waals surface area (Å²) in [5, 5.41) is 2.68. The summed E-state index contributed by atoms with van der Waals surface area (Å²) in [6, 6.07) is 12.3. The summed E-state index contributed by atoms with van der Waals surface area (Å²) in [6.07, 6.45) is 0.544. The van der Waals surface area contributed by atoms with Crippen molar-refractivity contribution in [2.75, 3.05) is 32.7 Å². The molecule has 0 radical (unpaired) electrons. The quantitative estimate of drug-likeness (QED) is 0.768. The zero-order valence-electron chi connectivity index (χ0n) is 18.2. The van der Waals surface area contributed by atoms with Crippen LogP contribution in [0.5, 0.6) is 0 Å². The topological polar surface area (TPSA) is 86.8 Å². The Bertz CT molecular complexity index is 1040. The molecule has 2 amide bonds. The van der Waals surface area contributed by atoms with Crippen LogP contribution in [-0.4, -0.2) is 62.2 Å². The fourth-order valence-corrected chi connectivity index (χ4v) is 5.19. The average molecular weight is 444 g/mol. The van der Waals surface area contributed by atoms with Crippen LogP contribution in [0, 0.1) is 20.8 Å². The lowest BCUT2D eigenvalue weighted by Crippen LogP contribution is -2.42. The first-order valence-electron chi connectivity index (χ1n) is 10.4. The maximum atomic E-state index is 12.9. The second kappa shape index (κ2) is 9.62. The number of nitrogens with zero attached hydrogens (tertiary/aromatic N) is 2. The number of benzene rings is 2. The molecule has 2 aromatic rings. The van der Waals surface area contributed by atoms with Crippen molar-refractivity contribution in [3.8, 4) is 0 Å². The van der Waals surface area contributed by atoms with E-state index >= 15 is 0 Å². The molecule has 2 aromatic carbocycles. The molecule has 31 heavy (non-hydrogen) atoms. The highest BCUT2D eigenvalue weighted by atomic mass is 32.2. The first-order chi connectivity index (χ1) is 14.7. The molecular weight excluding hydrogens is 414 g/mol. The second-order valence-corrected chi connectivity index (χ2v) is 9.95. The summed E-state index contributed by atoms with van der Waals surface area (Å²) in [7, 11) is -3.60. The van der Waals surface area contributed by atoms with Crippen LogP contribution in [0.3, 0.4) is 0 Å². The second-order valence-electron chi connectivity index (χ2n) is 8.01. The van der Waals surface area contributed by atoms with E-state index in [0.29, 0.717) is 31.6 Å². The smallest absolute Gasteiger partial charge is 0.251 e. The van der Waals surface area contributed by atoms with Gasteiger partial charge in [-0.25, -0.2) is 8.42 Å². The van der Waals surface area contributed by atoms with E-state index in [1.54, 1.807) is 41.3 Å². The van der Waals surface area contributed by atoms with Crippen LogP contribution in [0.1, 0.15) is 33.5 Å². The van der Waals surface area contributed by atoms with Gasteiger partial charge in [-0.05, 0) is 51.5 Å². The molecule has 0 unspecified atom stereocenters. The van der Waals surface area contributed by atoms with Crippen LogP contribution in [0.25, 0.3) is 0 Å². The summed E-state index contributed by atoms with van der Waals surface area (Å²) in [5.41, 5.74) is 3.49. The fourth-order valence-electron chi connectivity index (χ4n) is 3.72. The third kappa shape index (κ3) is 5.71. The van der Waals surface area contributed by atoms with Crippen LogP contribution in [0.15, 0.2) is 47.4 Å². The van der Waals surface area contributed by atoms with E-state index in [-0.39, 0.29) is 29.8 Å². The van der Waals surface area contributed by atoms with E-state index in [1.165, 1.54) is 4.31 Å². The predicted octanol–water partition coefficient (Wildman–Crippen LogP) is 2.26. The minimum atomic E-state index is -3.60. The SMILES string of the molecule is Cc1ccc(S(=O)(=O)N2CCCN(C(=O)CNC(=O)c3cc(C)cc(C)c3)CC2)cc1. The maximum absolute atomic E-state index is 12.9. The Labute approximate surface area is 184 Å². The van der Waals surface area contributed by atoms with Gasteiger partial charge in [0.2, 0.25) is 15.9 Å². The minimum Gasteiger partial charge on any atom is -0.343 e. The summed E-state index contributed by atoms with van der Waals surface area (Å²) in [4.78, 5) is 26.9. The molecule has 8 heteroatoms. The summed E-state index contributed by atoms with van der Waals surface area (Å²) >= 11 is 0.